The lowest BCUT2D eigenvalue weighted by atomic mass is 9.84. The van der Waals surface area contributed by atoms with E-state index < -0.39 is 11.6 Å². The SMILES string of the molecule is CSc1ccc(C(=O)[C@H]2CNC[C@@H]2CCc2cc(C)c(OC(C)(C)C(=O)O)c(C)c2)cc1. The highest BCUT2D eigenvalue weighted by Crippen LogP contribution is 2.31. The largest absolute Gasteiger partial charge is 0.478 e. The molecule has 5 nitrogen and oxygen atoms in total. The van der Waals surface area contributed by atoms with Gasteiger partial charge < -0.3 is 15.2 Å². The maximum atomic E-state index is 13.1. The van der Waals surface area contributed by atoms with Gasteiger partial charge in [0, 0.05) is 22.9 Å². The fourth-order valence-corrected chi connectivity index (χ4v) is 4.72. The third-order valence-corrected chi connectivity index (χ3v) is 6.99. The third kappa shape index (κ3) is 5.54. The first-order chi connectivity index (χ1) is 15.1. The Bertz CT molecular complexity index is 961. The zero-order valence-corrected chi connectivity index (χ0v) is 20.3. The van der Waals surface area contributed by atoms with Gasteiger partial charge in [0.05, 0.1) is 0 Å². The van der Waals surface area contributed by atoms with Crippen molar-refractivity contribution < 1.29 is 19.4 Å². The number of carbonyl (C=O) groups excluding carboxylic acids is 1. The van der Waals surface area contributed by atoms with Crippen molar-refractivity contribution in [3.8, 4) is 5.75 Å². The van der Waals surface area contributed by atoms with Gasteiger partial charge in [0.1, 0.15) is 5.75 Å². The van der Waals surface area contributed by atoms with Crippen LogP contribution in [-0.2, 0) is 11.2 Å². The summed E-state index contributed by atoms with van der Waals surface area (Å²) < 4.78 is 5.82. The highest BCUT2D eigenvalue weighted by Gasteiger charge is 2.33. The van der Waals surface area contributed by atoms with E-state index in [4.69, 9.17) is 4.74 Å². The lowest BCUT2D eigenvalue weighted by Crippen LogP contribution is -2.38. The van der Waals surface area contributed by atoms with E-state index >= 15 is 0 Å². The quantitative estimate of drug-likeness (QED) is 0.413. The number of carboxylic acids is 1. The zero-order chi connectivity index (χ0) is 23.5. The number of rotatable bonds is 9. The molecule has 2 atom stereocenters. The lowest BCUT2D eigenvalue weighted by molar-refractivity contribution is -0.152. The molecule has 2 aromatic rings. The highest BCUT2D eigenvalue weighted by molar-refractivity contribution is 7.98. The first-order valence-electron chi connectivity index (χ1n) is 11.0. The molecule has 1 aliphatic rings. The van der Waals surface area contributed by atoms with Crippen LogP contribution in [0.15, 0.2) is 41.3 Å². The van der Waals surface area contributed by atoms with Crippen LogP contribution in [0.2, 0.25) is 0 Å². The normalized spacial score (nSPS) is 18.5. The Morgan fingerprint density at radius 1 is 1.12 bits per heavy atom. The van der Waals surface area contributed by atoms with Crippen LogP contribution in [0, 0.1) is 25.7 Å². The van der Waals surface area contributed by atoms with Crippen LogP contribution in [0.1, 0.15) is 47.3 Å². The second-order valence-corrected chi connectivity index (χ2v) is 10.0. The van der Waals surface area contributed by atoms with Crippen LogP contribution in [0.25, 0.3) is 0 Å². The molecule has 0 aromatic heterocycles. The first kappa shape index (κ1) is 24.3. The van der Waals surface area contributed by atoms with Gasteiger partial charge in [0.15, 0.2) is 11.4 Å². The van der Waals surface area contributed by atoms with E-state index in [0.717, 1.165) is 47.5 Å². The maximum Gasteiger partial charge on any atom is 0.347 e. The second kappa shape index (κ2) is 10.1. The van der Waals surface area contributed by atoms with Gasteiger partial charge in [-0.05, 0) is 88.1 Å². The van der Waals surface area contributed by atoms with Gasteiger partial charge in [-0.15, -0.1) is 11.8 Å². The highest BCUT2D eigenvalue weighted by atomic mass is 32.2. The monoisotopic (exact) mass is 455 g/mol. The molecule has 0 spiro atoms. The predicted molar refractivity (Wildman–Crippen MR) is 129 cm³/mol. The maximum absolute atomic E-state index is 13.1. The van der Waals surface area contributed by atoms with Crippen LogP contribution in [0.3, 0.4) is 0 Å². The average Bonchev–Trinajstić information content (AvgIpc) is 3.23. The number of Topliss-reactive ketones (excluding diaryl/α,β-unsaturated/α-hetero) is 1. The van der Waals surface area contributed by atoms with Crippen molar-refractivity contribution in [2.75, 3.05) is 19.3 Å². The van der Waals surface area contributed by atoms with E-state index in [1.807, 2.05) is 44.4 Å². The Morgan fingerprint density at radius 2 is 1.75 bits per heavy atom. The van der Waals surface area contributed by atoms with Crippen molar-refractivity contribution in [3.05, 3.63) is 58.7 Å². The van der Waals surface area contributed by atoms with E-state index in [1.165, 1.54) is 5.56 Å². The molecule has 1 fully saturated rings. The van der Waals surface area contributed by atoms with Crippen molar-refractivity contribution in [2.24, 2.45) is 11.8 Å². The van der Waals surface area contributed by atoms with Crippen molar-refractivity contribution >= 4 is 23.5 Å². The molecule has 3 rings (SSSR count). The average molecular weight is 456 g/mol. The Hall–Kier alpha value is -2.31. The Kier molecular flexibility index (Phi) is 7.67. The van der Waals surface area contributed by atoms with Crippen LogP contribution in [0.4, 0.5) is 0 Å². The predicted octanol–water partition coefficient (Wildman–Crippen LogP) is 4.92. The summed E-state index contributed by atoms with van der Waals surface area (Å²) in [6, 6.07) is 12.0. The number of benzene rings is 2. The molecule has 0 radical (unpaired) electrons. The number of aryl methyl sites for hydroxylation is 3. The van der Waals surface area contributed by atoms with Crippen LogP contribution >= 0.6 is 11.8 Å². The third-order valence-electron chi connectivity index (χ3n) is 6.25. The van der Waals surface area contributed by atoms with Gasteiger partial charge in [0.25, 0.3) is 0 Å². The molecular formula is C26H33NO4S. The Labute approximate surface area is 194 Å². The topological polar surface area (TPSA) is 75.6 Å². The number of carboxylic acid groups (broad SMARTS) is 1. The molecule has 0 bridgehead atoms. The smallest absolute Gasteiger partial charge is 0.347 e. The van der Waals surface area contributed by atoms with Gasteiger partial charge in [0.2, 0.25) is 0 Å². The number of carbonyl (C=O) groups is 2. The minimum atomic E-state index is -1.28. The number of thioether (sulfide) groups is 1. The van der Waals surface area contributed by atoms with Crippen molar-refractivity contribution in [2.45, 2.75) is 51.0 Å². The number of nitrogens with one attached hydrogen (secondary N) is 1. The van der Waals surface area contributed by atoms with Gasteiger partial charge in [-0.3, -0.25) is 4.79 Å². The van der Waals surface area contributed by atoms with Gasteiger partial charge in [-0.25, -0.2) is 4.79 Å². The van der Waals surface area contributed by atoms with Gasteiger partial charge in [-0.2, -0.15) is 0 Å². The molecule has 2 N–H and O–H groups in total. The summed E-state index contributed by atoms with van der Waals surface area (Å²) in [6.07, 6.45) is 3.82. The minimum Gasteiger partial charge on any atom is -0.478 e. The summed E-state index contributed by atoms with van der Waals surface area (Å²) in [5, 5.41) is 12.8. The molecule has 1 heterocycles. The molecule has 1 saturated heterocycles. The summed E-state index contributed by atoms with van der Waals surface area (Å²) in [5.41, 5.74) is 2.55. The Balaban J connectivity index is 1.67. The van der Waals surface area contributed by atoms with Gasteiger partial charge >= 0.3 is 5.97 Å². The summed E-state index contributed by atoms with van der Waals surface area (Å²) in [4.78, 5) is 25.7. The molecule has 0 amide bonds. The van der Waals surface area contributed by atoms with E-state index in [0.29, 0.717) is 11.7 Å². The van der Waals surface area contributed by atoms with Crippen molar-refractivity contribution in [1.29, 1.82) is 0 Å². The number of ether oxygens (including phenoxy) is 1. The van der Waals surface area contributed by atoms with Crippen molar-refractivity contribution in [1.82, 2.24) is 5.32 Å². The number of hydrogen-bond donors (Lipinski definition) is 2. The fourth-order valence-electron chi connectivity index (χ4n) is 4.31. The molecule has 1 aliphatic heterocycles. The number of hydrogen-bond acceptors (Lipinski definition) is 5. The van der Waals surface area contributed by atoms with E-state index in [1.54, 1.807) is 25.6 Å². The fraction of sp³-hybridized carbons (Fsp3) is 0.462. The van der Waals surface area contributed by atoms with Crippen molar-refractivity contribution in [3.63, 3.8) is 0 Å². The molecule has 0 aliphatic carbocycles. The van der Waals surface area contributed by atoms with E-state index in [9.17, 15) is 14.7 Å². The lowest BCUT2D eigenvalue weighted by Gasteiger charge is -2.25. The Morgan fingerprint density at radius 3 is 2.31 bits per heavy atom. The minimum absolute atomic E-state index is 0.00343. The standard InChI is InChI=1S/C26H33NO4S/c1-16-12-18(13-17(2)24(16)31-26(3,4)25(29)30)6-7-20-14-27-15-22(20)23(28)19-8-10-21(32-5)11-9-19/h8-13,20,22,27H,6-7,14-15H2,1-5H3,(H,29,30)/t20-,22-/m0/s1. The second-order valence-electron chi connectivity index (χ2n) is 9.13. The summed E-state index contributed by atoms with van der Waals surface area (Å²) in [5.74, 6) is 0.152. The molecule has 0 unspecified atom stereocenters. The first-order valence-corrected chi connectivity index (χ1v) is 12.3. The van der Waals surface area contributed by atoms with E-state index in [-0.39, 0.29) is 11.7 Å². The summed E-state index contributed by atoms with van der Waals surface area (Å²) in [7, 11) is 0. The molecular weight excluding hydrogens is 422 g/mol. The van der Waals surface area contributed by atoms with Crippen LogP contribution in [-0.4, -0.2) is 41.8 Å². The van der Waals surface area contributed by atoms with Crippen LogP contribution in [0.5, 0.6) is 5.75 Å². The summed E-state index contributed by atoms with van der Waals surface area (Å²) in [6.45, 7) is 8.59. The van der Waals surface area contributed by atoms with E-state index in [2.05, 4.69) is 17.4 Å². The number of ketones is 1. The molecule has 0 saturated carbocycles. The number of aliphatic carboxylic acids is 1. The molecule has 6 heteroatoms. The molecule has 172 valence electrons. The molecule has 2 aromatic carbocycles. The zero-order valence-electron chi connectivity index (χ0n) is 19.5. The van der Waals surface area contributed by atoms with Gasteiger partial charge in [-0.1, -0.05) is 24.3 Å². The summed E-state index contributed by atoms with van der Waals surface area (Å²) >= 11 is 1.67. The van der Waals surface area contributed by atoms with Crippen LogP contribution < -0.4 is 10.1 Å². The molecule has 32 heavy (non-hydrogen) atoms.